The van der Waals surface area contributed by atoms with Crippen molar-refractivity contribution in [2.24, 2.45) is 5.92 Å². The zero-order valence-electron chi connectivity index (χ0n) is 14.1. The molecule has 1 aliphatic heterocycles. The zero-order chi connectivity index (χ0) is 16.9. The Balaban J connectivity index is 1.52. The molecule has 6 nitrogen and oxygen atoms in total. The highest BCUT2D eigenvalue weighted by Crippen LogP contribution is 2.30. The van der Waals surface area contributed by atoms with Gasteiger partial charge in [0.2, 0.25) is 5.91 Å². The predicted octanol–water partition coefficient (Wildman–Crippen LogP) is 1.86. The Bertz CT molecular complexity index is 614. The largest absolute Gasteiger partial charge is 0.493 e. The Labute approximate surface area is 142 Å². The van der Waals surface area contributed by atoms with E-state index in [1.165, 1.54) is 12.8 Å². The summed E-state index contributed by atoms with van der Waals surface area (Å²) < 4.78 is 5.91. The fourth-order valence-electron chi connectivity index (χ4n) is 2.73. The van der Waals surface area contributed by atoms with Gasteiger partial charge in [0.15, 0.2) is 0 Å². The van der Waals surface area contributed by atoms with Crippen LogP contribution in [0.15, 0.2) is 18.2 Å². The molecule has 2 aliphatic rings. The number of aryl methyl sites for hydroxylation is 1. The van der Waals surface area contributed by atoms with Gasteiger partial charge in [-0.1, -0.05) is 12.1 Å². The van der Waals surface area contributed by atoms with Crippen molar-refractivity contribution in [1.29, 1.82) is 0 Å². The van der Waals surface area contributed by atoms with Crippen molar-refractivity contribution in [3.8, 4) is 5.75 Å². The molecule has 1 aliphatic carbocycles. The maximum atomic E-state index is 12.0. The predicted molar refractivity (Wildman–Crippen MR) is 90.8 cm³/mol. The Hall–Kier alpha value is -2.24. The number of hydrogen-bond donors (Lipinski definition) is 3. The summed E-state index contributed by atoms with van der Waals surface area (Å²) in [6.07, 6.45) is 4.05. The van der Waals surface area contributed by atoms with Crippen molar-refractivity contribution in [1.82, 2.24) is 16.0 Å². The van der Waals surface area contributed by atoms with Crippen molar-refractivity contribution in [2.45, 2.75) is 45.2 Å². The van der Waals surface area contributed by atoms with E-state index in [2.05, 4.69) is 16.0 Å². The molecule has 2 fully saturated rings. The minimum Gasteiger partial charge on any atom is -0.493 e. The Morgan fingerprint density at radius 3 is 2.92 bits per heavy atom. The molecule has 1 atom stereocenters. The van der Waals surface area contributed by atoms with Crippen LogP contribution in [0.3, 0.4) is 0 Å². The maximum absolute atomic E-state index is 12.0. The van der Waals surface area contributed by atoms with E-state index in [0.717, 1.165) is 29.9 Å². The highest BCUT2D eigenvalue weighted by Gasteiger charge is 2.24. The monoisotopic (exact) mass is 331 g/mol. The van der Waals surface area contributed by atoms with Crippen LogP contribution in [0.2, 0.25) is 0 Å². The smallest absolute Gasteiger partial charge is 0.315 e. The van der Waals surface area contributed by atoms with Crippen molar-refractivity contribution in [2.75, 3.05) is 13.2 Å². The van der Waals surface area contributed by atoms with Crippen LogP contribution in [0.1, 0.15) is 36.8 Å². The van der Waals surface area contributed by atoms with E-state index in [-0.39, 0.29) is 11.9 Å². The topological polar surface area (TPSA) is 79.5 Å². The second kappa shape index (κ2) is 7.55. The average molecular weight is 331 g/mol. The molecule has 3 N–H and O–H groups in total. The lowest BCUT2D eigenvalue weighted by molar-refractivity contribution is -0.124. The molecule has 1 saturated heterocycles. The molecule has 6 heteroatoms. The first-order valence-electron chi connectivity index (χ1n) is 8.66. The fraction of sp³-hybridized carbons (Fsp3) is 0.556. The average Bonchev–Trinajstić information content (AvgIpc) is 3.38. The number of ether oxygens (including phenoxy) is 1. The number of carbonyl (C=O) groups is 2. The summed E-state index contributed by atoms with van der Waals surface area (Å²) in [6.45, 7) is 3.82. The quantitative estimate of drug-likeness (QED) is 0.744. The SMILES string of the molecule is Cc1ccc(CNC(=O)N[C@H]2CCCNC2=O)c(OCC2CC2)c1. The molecule has 0 unspecified atom stereocenters. The van der Waals surface area contributed by atoms with Crippen LogP contribution in [0.5, 0.6) is 5.75 Å². The standard InChI is InChI=1S/C18H25N3O3/c1-12-4-7-14(16(9-12)24-11-13-5-6-13)10-20-18(23)21-15-3-2-8-19-17(15)22/h4,7,9,13,15H,2-3,5-6,8,10-11H2,1H3,(H,19,22)(H2,20,21,23)/t15-/m0/s1. The molecule has 3 amide bonds. The van der Waals surface area contributed by atoms with Crippen LogP contribution in [0, 0.1) is 12.8 Å². The van der Waals surface area contributed by atoms with Gasteiger partial charge in [-0.3, -0.25) is 4.79 Å². The number of rotatable bonds is 6. The first kappa shape index (κ1) is 16.6. The molecule has 0 bridgehead atoms. The summed E-state index contributed by atoms with van der Waals surface area (Å²) in [6, 6.07) is 5.22. The van der Waals surface area contributed by atoms with Gasteiger partial charge in [0.05, 0.1) is 6.61 Å². The fourth-order valence-corrected chi connectivity index (χ4v) is 2.73. The van der Waals surface area contributed by atoms with Gasteiger partial charge in [-0.05, 0) is 50.2 Å². The molecule has 1 aromatic carbocycles. The maximum Gasteiger partial charge on any atom is 0.315 e. The van der Waals surface area contributed by atoms with E-state index in [1.54, 1.807) is 0 Å². The third kappa shape index (κ3) is 4.63. The highest BCUT2D eigenvalue weighted by atomic mass is 16.5. The van der Waals surface area contributed by atoms with Crippen molar-refractivity contribution >= 4 is 11.9 Å². The number of nitrogens with one attached hydrogen (secondary N) is 3. The van der Waals surface area contributed by atoms with E-state index in [0.29, 0.717) is 25.4 Å². The normalized spacial score (nSPS) is 20.2. The van der Waals surface area contributed by atoms with Gasteiger partial charge in [-0.25, -0.2) is 4.79 Å². The minimum atomic E-state index is -0.442. The Morgan fingerprint density at radius 2 is 2.17 bits per heavy atom. The lowest BCUT2D eigenvalue weighted by Crippen LogP contribution is -2.52. The van der Waals surface area contributed by atoms with E-state index in [9.17, 15) is 9.59 Å². The van der Waals surface area contributed by atoms with Gasteiger partial charge in [-0.15, -0.1) is 0 Å². The number of benzene rings is 1. The molecule has 1 saturated carbocycles. The second-order valence-corrected chi connectivity index (χ2v) is 6.68. The number of hydrogen-bond acceptors (Lipinski definition) is 3. The van der Waals surface area contributed by atoms with Crippen LogP contribution < -0.4 is 20.7 Å². The van der Waals surface area contributed by atoms with Crippen LogP contribution >= 0.6 is 0 Å². The second-order valence-electron chi connectivity index (χ2n) is 6.68. The van der Waals surface area contributed by atoms with E-state index in [1.807, 2.05) is 25.1 Å². The first-order chi connectivity index (χ1) is 11.6. The molecule has 0 radical (unpaired) electrons. The first-order valence-corrected chi connectivity index (χ1v) is 8.66. The molecule has 0 aromatic heterocycles. The van der Waals surface area contributed by atoms with Gasteiger partial charge in [0, 0.05) is 18.7 Å². The molecule has 130 valence electrons. The molecular formula is C18H25N3O3. The summed E-state index contributed by atoms with van der Waals surface area (Å²) >= 11 is 0. The Morgan fingerprint density at radius 1 is 1.33 bits per heavy atom. The van der Waals surface area contributed by atoms with Gasteiger partial charge in [0.1, 0.15) is 11.8 Å². The number of piperidine rings is 1. The van der Waals surface area contributed by atoms with Crippen LogP contribution in [0.4, 0.5) is 4.79 Å². The van der Waals surface area contributed by atoms with Crippen LogP contribution in [-0.2, 0) is 11.3 Å². The Kier molecular flexibility index (Phi) is 5.23. The molecule has 1 aromatic rings. The third-order valence-electron chi connectivity index (χ3n) is 4.42. The summed E-state index contributed by atoms with van der Waals surface area (Å²) in [5, 5.41) is 8.31. The van der Waals surface area contributed by atoms with E-state index in [4.69, 9.17) is 4.74 Å². The summed E-state index contributed by atoms with van der Waals surface area (Å²) in [5.74, 6) is 1.40. The number of urea groups is 1. The van der Waals surface area contributed by atoms with Crippen LogP contribution in [0.25, 0.3) is 0 Å². The van der Waals surface area contributed by atoms with Gasteiger partial charge in [-0.2, -0.15) is 0 Å². The summed E-state index contributed by atoms with van der Waals surface area (Å²) in [5.41, 5.74) is 2.08. The summed E-state index contributed by atoms with van der Waals surface area (Å²) in [7, 11) is 0. The van der Waals surface area contributed by atoms with Gasteiger partial charge < -0.3 is 20.7 Å². The minimum absolute atomic E-state index is 0.111. The van der Waals surface area contributed by atoms with Crippen LogP contribution in [-0.4, -0.2) is 31.1 Å². The van der Waals surface area contributed by atoms with Crippen molar-refractivity contribution in [3.05, 3.63) is 29.3 Å². The lowest BCUT2D eigenvalue weighted by Gasteiger charge is -2.23. The molecule has 1 heterocycles. The van der Waals surface area contributed by atoms with E-state index < -0.39 is 6.04 Å². The van der Waals surface area contributed by atoms with Crippen molar-refractivity contribution < 1.29 is 14.3 Å². The van der Waals surface area contributed by atoms with Gasteiger partial charge in [0.25, 0.3) is 0 Å². The zero-order valence-corrected chi connectivity index (χ0v) is 14.1. The summed E-state index contributed by atoms with van der Waals surface area (Å²) in [4.78, 5) is 23.7. The molecule has 3 rings (SSSR count). The van der Waals surface area contributed by atoms with E-state index >= 15 is 0 Å². The van der Waals surface area contributed by atoms with Gasteiger partial charge >= 0.3 is 6.03 Å². The molecular weight excluding hydrogens is 306 g/mol. The lowest BCUT2D eigenvalue weighted by atomic mass is 10.1. The number of amides is 3. The molecule has 0 spiro atoms. The third-order valence-corrected chi connectivity index (χ3v) is 4.42. The van der Waals surface area contributed by atoms with Crippen molar-refractivity contribution in [3.63, 3.8) is 0 Å². The molecule has 24 heavy (non-hydrogen) atoms. The number of carbonyl (C=O) groups excluding carboxylic acids is 2. The highest BCUT2D eigenvalue weighted by molar-refractivity contribution is 5.87.